The van der Waals surface area contributed by atoms with Gasteiger partial charge in [-0.25, -0.2) is 0 Å². The van der Waals surface area contributed by atoms with Crippen molar-refractivity contribution < 1.29 is 28.5 Å². The molecule has 0 aromatic heterocycles. The summed E-state index contributed by atoms with van der Waals surface area (Å²) in [6.45, 7) is 4.44. The van der Waals surface area contributed by atoms with Gasteiger partial charge in [0.05, 0.1) is 0 Å². The molecule has 0 heterocycles. The van der Waals surface area contributed by atoms with Crippen molar-refractivity contribution in [3.63, 3.8) is 0 Å². The highest BCUT2D eigenvalue weighted by atomic mass is 16.6. The van der Waals surface area contributed by atoms with Gasteiger partial charge in [0, 0.05) is 28.1 Å². The molecule has 0 N–H and O–H groups in total. The molecule has 0 aromatic rings. The Labute approximate surface area is 112 Å². The monoisotopic (exact) mass is 272 g/mol. The lowest BCUT2D eigenvalue weighted by Crippen LogP contribution is -2.53. The normalized spacial score (nSPS) is 30.5. The molecule has 108 valence electrons. The van der Waals surface area contributed by atoms with Gasteiger partial charge in [-0.15, -0.1) is 0 Å². The second-order valence-corrected chi connectivity index (χ2v) is 4.42. The molecule has 0 aliphatic heterocycles. The molecule has 6 nitrogen and oxygen atoms in total. The molecule has 0 bridgehead atoms. The Balaban J connectivity index is 3.09. The molecule has 0 amide bonds. The molecular formula is C13H20O6. The third-order valence-electron chi connectivity index (χ3n) is 2.95. The number of methoxy groups -OCH3 is 2. The fourth-order valence-corrected chi connectivity index (χ4v) is 2.24. The second-order valence-electron chi connectivity index (χ2n) is 4.42. The number of carbonyl (C=O) groups excluding carboxylic acids is 2. The van der Waals surface area contributed by atoms with Gasteiger partial charge in [0.2, 0.25) is 0 Å². The molecule has 0 radical (unpaired) electrons. The Morgan fingerprint density at radius 3 is 1.95 bits per heavy atom. The number of esters is 2. The van der Waals surface area contributed by atoms with E-state index in [-0.39, 0.29) is 0 Å². The summed E-state index contributed by atoms with van der Waals surface area (Å²) in [4.78, 5) is 22.4. The van der Waals surface area contributed by atoms with Crippen molar-refractivity contribution in [3.05, 3.63) is 11.6 Å². The van der Waals surface area contributed by atoms with E-state index in [0.717, 1.165) is 5.57 Å². The maximum Gasteiger partial charge on any atom is 0.303 e. The summed E-state index contributed by atoms with van der Waals surface area (Å²) in [5, 5.41) is 0. The van der Waals surface area contributed by atoms with E-state index in [1.165, 1.54) is 28.1 Å². The van der Waals surface area contributed by atoms with Gasteiger partial charge in [0.25, 0.3) is 0 Å². The van der Waals surface area contributed by atoms with Crippen LogP contribution in [0.3, 0.4) is 0 Å². The lowest BCUT2D eigenvalue weighted by atomic mass is 9.89. The quantitative estimate of drug-likeness (QED) is 0.558. The molecule has 0 aromatic carbocycles. The number of carbonyl (C=O) groups is 2. The third kappa shape index (κ3) is 3.78. The lowest BCUT2D eigenvalue weighted by Gasteiger charge is -2.38. The van der Waals surface area contributed by atoms with Gasteiger partial charge in [0.1, 0.15) is 12.2 Å². The first kappa shape index (κ1) is 15.7. The van der Waals surface area contributed by atoms with E-state index in [1.54, 1.807) is 0 Å². The maximum atomic E-state index is 11.2. The van der Waals surface area contributed by atoms with Gasteiger partial charge >= 0.3 is 11.9 Å². The van der Waals surface area contributed by atoms with Crippen LogP contribution in [0.15, 0.2) is 11.6 Å². The van der Waals surface area contributed by atoms with Crippen molar-refractivity contribution >= 4 is 11.9 Å². The SMILES string of the molecule is CO[C@@H]1C(C)=C[C@@H](OC)[C@H](OC(C)=O)[C@H]1OC(C)=O. The smallest absolute Gasteiger partial charge is 0.303 e. The predicted molar refractivity (Wildman–Crippen MR) is 66.5 cm³/mol. The van der Waals surface area contributed by atoms with Crippen molar-refractivity contribution in [3.8, 4) is 0 Å². The Morgan fingerprint density at radius 1 is 1.00 bits per heavy atom. The molecule has 6 heteroatoms. The molecule has 0 spiro atoms. The molecule has 0 unspecified atom stereocenters. The van der Waals surface area contributed by atoms with Crippen molar-refractivity contribution in [2.75, 3.05) is 14.2 Å². The summed E-state index contributed by atoms with van der Waals surface area (Å²) in [6.07, 6.45) is -0.567. The highest BCUT2D eigenvalue weighted by Gasteiger charge is 2.44. The molecular weight excluding hydrogens is 252 g/mol. The molecule has 4 atom stereocenters. The Morgan fingerprint density at radius 2 is 1.53 bits per heavy atom. The van der Waals surface area contributed by atoms with Crippen LogP contribution in [0.1, 0.15) is 20.8 Å². The van der Waals surface area contributed by atoms with E-state index in [0.29, 0.717) is 0 Å². The van der Waals surface area contributed by atoms with Crippen LogP contribution in [0.5, 0.6) is 0 Å². The molecule has 0 fully saturated rings. The summed E-state index contributed by atoms with van der Waals surface area (Å²) in [5.74, 6) is -0.930. The van der Waals surface area contributed by atoms with Crippen molar-refractivity contribution in [1.29, 1.82) is 0 Å². The van der Waals surface area contributed by atoms with E-state index < -0.39 is 36.4 Å². The minimum Gasteiger partial charge on any atom is -0.455 e. The van der Waals surface area contributed by atoms with Crippen LogP contribution in [0.4, 0.5) is 0 Å². The van der Waals surface area contributed by atoms with Crippen molar-refractivity contribution in [2.24, 2.45) is 0 Å². The number of hydrogen-bond donors (Lipinski definition) is 0. The first-order valence-corrected chi connectivity index (χ1v) is 5.99. The van der Waals surface area contributed by atoms with E-state index in [1.807, 2.05) is 13.0 Å². The Hall–Kier alpha value is -1.40. The van der Waals surface area contributed by atoms with Crippen LogP contribution in [0.25, 0.3) is 0 Å². The summed E-state index contributed by atoms with van der Waals surface area (Å²) in [6, 6.07) is 0. The average molecular weight is 272 g/mol. The zero-order chi connectivity index (χ0) is 14.6. The van der Waals surface area contributed by atoms with Gasteiger partial charge in [-0.1, -0.05) is 6.08 Å². The first-order chi connectivity index (χ1) is 8.90. The van der Waals surface area contributed by atoms with Crippen LogP contribution < -0.4 is 0 Å². The molecule has 1 aliphatic rings. The highest BCUT2D eigenvalue weighted by Crippen LogP contribution is 2.28. The largest absolute Gasteiger partial charge is 0.455 e. The molecule has 19 heavy (non-hydrogen) atoms. The van der Waals surface area contributed by atoms with Crippen LogP contribution in [-0.2, 0) is 28.5 Å². The summed E-state index contributed by atoms with van der Waals surface area (Å²) in [5.41, 5.74) is 0.865. The third-order valence-corrected chi connectivity index (χ3v) is 2.95. The zero-order valence-corrected chi connectivity index (χ0v) is 11.8. The van der Waals surface area contributed by atoms with Crippen LogP contribution >= 0.6 is 0 Å². The van der Waals surface area contributed by atoms with Crippen molar-refractivity contribution in [1.82, 2.24) is 0 Å². The van der Waals surface area contributed by atoms with E-state index in [2.05, 4.69) is 0 Å². The van der Waals surface area contributed by atoms with E-state index in [9.17, 15) is 9.59 Å². The van der Waals surface area contributed by atoms with Crippen LogP contribution in [0.2, 0.25) is 0 Å². The van der Waals surface area contributed by atoms with Gasteiger partial charge in [0.15, 0.2) is 12.2 Å². The number of ether oxygens (including phenoxy) is 4. The lowest BCUT2D eigenvalue weighted by molar-refractivity contribution is -0.186. The molecule has 0 saturated heterocycles. The van der Waals surface area contributed by atoms with Crippen molar-refractivity contribution in [2.45, 2.75) is 45.2 Å². The topological polar surface area (TPSA) is 71.1 Å². The highest BCUT2D eigenvalue weighted by molar-refractivity contribution is 5.67. The van der Waals surface area contributed by atoms with Gasteiger partial charge < -0.3 is 18.9 Å². The van der Waals surface area contributed by atoms with Gasteiger partial charge in [-0.2, -0.15) is 0 Å². The minimum absolute atomic E-state index is 0.459. The first-order valence-electron chi connectivity index (χ1n) is 5.99. The standard InChI is InChI=1S/C13H20O6/c1-7-6-10(16-4)12(18-8(2)14)13(11(7)17-5)19-9(3)15/h6,10-13H,1-5H3/t10-,11-,12+,13+/m1/s1. The maximum absolute atomic E-state index is 11.2. The van der Waals surface area contributed by atoms with Crippen LogP contribution in [-0.4, -0.2) is 50.6 Å². The Kier molecular flexibility index (Phi) is 5.50. The van der Waals surface area contributed by atoms with Gasteiger partial charge in [-0.3, -0.25) is 9.59 Å². The number of rotatable bonds is 4. The average Bonchev–Trinajstić information content (AvgIpc) is 2.31. The number of hydrogen-bond acceptors (Lipinski definition) is 6. The summed E-state index contributed by atoms with van der Waals surface area (Å²) in [7, 11) is 3.01. The fraction of sp³-hybridized carbons (Fsp3) is 0.692. The van der Waals surface area contributed by atoms with E-state index in [4.69, 9.17) is 18.9 Å². The summed E-state index contributed by atoms with van der Waals surface area (Å²) >= 11 is 0. The molecule has 1 rings (SSSR count). The minimum atomic E-state index is -0.722. The second kappa shape index (κ2) is 6.68. The predicted octanol–water partition coefficient (Wildman–Crippen LogP) is 0.840. The molecule has 1 aliphatic carbocycles. The Bertz CT molecular complexity index is 375. The summed E-state index contributed by atoms with van der Waals surface area (Å²) < 4.78 is 21.1. The van der Waals surface area contributed by atoms with E-state index >= 15 is 0 Å². The van der Waals surface area contributed by atoms with Crippen LogP contribution in [0, 0.1) is 0 Å². The molecule has 0 saturated carbocycles. The zero-order valence-electron chi connectivity index (χ0n) is 11.8. The van der Waals surface area contributed by atoms with Gasteiger partial charge in [-0.05, 0) is 12.5 Å². The fourth-order valence-electron chi connectivity index (χ4n) is 2.24.